The molecule has 8 nitrogen and oxygen atoms in total. The first-order valence-electron chi connectivity index (χ1n) is 8.29. The molecule has 0 aliphatic heterocycles. The number of rotatable bonds is 13. The molecule has 0 atom stereocenters. The minimum absolute atomic E-state index is 0.0443. The lowest BCUT2D eigenvalue weighted by molar-refractivity contribution is -0.143. The van der Waals surface area contributed by atoms with Crippen molar-refractivity contribution < 1.29 is 38.0 Å². The second-order valence-electron chi connectivity index (χ2n) is 5.18. The van der Waals surface area contributed by atoms with Crippen LogP contribution in [-0.2, 0) is 25.4 Å². The Morgan fingerprint density at radius 3 is 2.19 bits per heavy atom. The highest BCUT2D eigenvalue weighted by Gasteiger charge is 2.22. The van der Waals surface area contributed by atoms with E-state index < -0.39 is 0 Å². The molecule has 8 heteroatoms. The van der Waals surface area contributed by atoms with Gasteiger partial charge in [-0.15, -0.1) is 0 Å². The van der Waals surface area contributed by atoms with E-state index in [2.05, 4.69) is 0 Å². The van der Waals surface area contributed by atoms with Crippen LogP contribution in [0.25, 0.3) is 0 Å². The summed E-state index contributed by atoms with van der Waals surface area (Å²) in [5, 5.41) is 0. The van der Waals surface area contributed by atoms with E-state index in [1.165, 1.54) is 28.4 Å². The fraction of sp³-hybridized carbons (Fsp3) is 0.611. The molecule has 0 amide bonds. The topological polar surface area (TPSA) is 81.7 Å². The molecule has 26 heavy (non-hydrogen) atoms. The van der Waals surface area contributed by atoms with Crippen molar-refractivity contribution in [3.8, 4) is 23.0 Å². The Morgan fingerprint density at radius 2 is 1.62 bits per heavy atom. The smallest absolute Gasteiger partial charge is 0.305 e. The molecule has 148 valence electrons. The number of carbonyl (C=O) groups is 1. The lowest BCUT2D eigenvalue weighted by Crippen LogP contribution is -2.09. The third-order valence-corrected chi connectivity index (χ3v) is 3.45. The van der Waals surface area contributed by atoms with Gasteiger partial charge in [-0.25, -0.2) is 0 Å². The summed E-state index contributed by atoms with van der Waals surface area (Å²) in [5.74, 6) is 1.67. The van der Waals surface area contributed by atoms with E-state index in [-0.39, 0.29) is 26.0 Å². The van der Waals surface area contributed by atoms with Crippen LogP contribution in [0.2, 0.25) is 0 Å². The first-order chi connectivity index (χ1) is 12.6. The zero-order chi connectivity index (χ0) is 19.4. The van der Waals surface area contributed by atoms with Crippen LogP contribution >= 0.6 is 0 Å². The molecule has 0 radical (unpaired) electrons. The van der Waals surface area contributed by atoms with E-state index in [1.54, 1.807) is 13.0 Å². The lowest BCUT2D eigenvalue weighted by Gasteiger charge is -2.20. The number of ether oxygens (including phenoxy) is 7. The van der Waals surface area contributed by atoms with Crippen LogP contribution < -0.4 is 18.9 Å². The van der Waals surface area contributed by atoms with Gasteiger partial charge in [-0.3, -0.25) is 4.79 Å². The van der Waals surface area contributed by atoms with Gasteiger partial charge in [0.15, 0.2) is 36.6 Å². The van der Waals surface area contributed by atoms with Gasteiger partial charge in [0, 0.05) is 32.3 Å². The Hall–Kier alpha value is -2.19. The molecule has 0 saturated carbocycles. The molecule has 0 aliphatic carbocycles. The maximum atomic E-state index is 11.6. The van der Waals surface area contributed by atoms with Crippen LogP contribution in [-0.4, -0.2) is 54.6 Å². The molecule has 0 heterocycles. The third-order valence-electron chi connectivity index (χ3n) is 3.45. The Balaban J connectivity index is 3.17. The number of esters is 1. The Kier molecular flexibility index (Phi) is 10.3. The molecule has 0 unspecified atom stereocenters. The number of hydrogen-bond donors (Lipinski definition) is 0. The summed E-state index contributed by atoms with van der Waals surface area (Å²) in [6.45, 7) is 2.24. The minimum Gasteiger partial charge on any atom is -0.493 e. The number of hydrogen-bond acceptors (Lipinski definition) is 8. The summed E-state index contributed by atoms with van der Waals surface area (Å²) in [4.78, 5) is 11.6. The predicted octanol–water partition coefficient (Wildman–Crippen LogP) is 2.56. The van der Waals surface area contributed by atoms with Crippen molar-refractivity contribution >= 4 is 5.97 Å². The van der Waals surface area contributed by atoms with Crippen molar-refractivity contribution in [1.29, 1.82) is 0 Å². The SMILES string of the molecule is CCOC(=O)CCCc1c(OC)c(OCOC)cc(OC)c1OCOC. The Bertz CT molecular complexity index is 559. The Labute approximate surface area is 154 Å². The highest BCUT2D eigenvalue weighted by Crippen LogP contribution is 2.45. The zero-order valence-corrected chi connectivity index (χ0v) is 16.1. The van der Waals surface area contributed by atoms with Gasteiger partial charge in [0.1, 0.15) is 0 Å². The summed E-state index contributed by atoms with van der Waals surface area (Å²) in [6, 6.07) is 1.66. The summed E-state index contributed by atoms with van der Waals surface area (Å²) in [7, 11) is 6.13. The predicted molar refractivity (Wildman–Crippen MR) is 94.1 cm³/mol. The molecule has 0 spiro atoms. The number of methoxy groups -OCH3 is 4. The van der Waals surface area contributed by atoms with Gasteiger partial charge in [-0.05, 0) is 19.8 Å². The molecule has 0 saturated heterocycles. The van der Waals surface area contributed by atoms with Gasteiger partial charge in [0.2, 0.25) is 0 Å². The van der Waals surface area contributed by atoms with E-state index >= 15 is 0 Å². The first-order valence-corrected chi connectivity index (χ1v) is 8.29. The van der Waals surface area contributed by atoms with Crippen LogP contribution in [0.4, 0.5) is 0 Å². The van der Waals surface area contributed by atoms with E-state index in [1.807, 2.05) is 0 Å². The number of carbonyl (C=O) groups excluding carboxylic acids is 1. The summed E-state index contributed by atoms with van der Waals surface area (Å²) < 4.78 is 37.1. The van der Waals surface area contributed by atoms with Crippen molar-refractivity contribution in [2.45, 2.75) is 26.2 Å². The maximum Gasteiger partial charge on any atom is 0.305 e. The van der Waals surface area contributed by atoms with Crippen LogP contribution in [0, 0.1) is 0 Å². The molecule has 0 aliphatic rings. The average molecular weight is 372 g/mol. The highest BCUT2D eigenvalue weighted by atomic mass is 16.7. The quantitative estimate of drug-likeness (QED) is 0.386. The van der Waals surface area contributed by atoms with Gasteiger partial charge >= 0.3 is 5.97 Å². The fourth-order valence-corrected chi connectivity index (χ4v) is 2.40. The van der Waals surface area contributed by atoms with Crippen molar-refractivity contribution in [1.82, 2.24) is 0 Å². The molecule has 1 aromatic rings. The second-order valence-corrected chi connectivity index (χ2v) is 5.18. The number of benzene rings is 1. The highest BCUT2D eigenvalue weighted by molar-refractivity contribution is 5.69. The van der Waals surface area contributed by atoms with Gasteiger partial charge in [-0.2, -0.15) is 0 Å². The fourth-order valence-electron chi connectivity index (χ4n) is 2.40. The monoisotopic (exact) mass is 372 g/mol. The van der Waals surface area contributed by atoms with Crippen LogP contribution in [0.5, 0.6) is 23.0 Å². The van der Waals surface area contributed by atoms with Gasteiger partial charge in [-0.1, -0.05) is 0 Å². The van der Waals surface area contributed by atoms with Gasteiger partial charge in [0.05, 0.1) is 20.8 Å². The van der Waals surface area contributed by atoms with Crippen molar-refractivity contribution in [3.63, 3.8) is 0 Å². The average Bonchev–Trinajstić information content (AvgIpc) is 2.64. The zero-order valence-electron chi connectivity index (χ0n) is 16.1. The Morgan fingerprint density at radius 1 is 0.923 bits per heavy atom. The molecular formula is C18H28O8. The molecule has 0 N–H and O–H groups in total. The van der Waals surface area contributed by atoms with Gasteiger partial charge in [0.25, 0.3) is 0 Å². The van der Waals surface area contributed by atoms with Crippen molar-refractivity contribution in [2.24, 2.45) is 0 Å². The summed E-state index contributed by atoms with van der Waals surface area (Å²) in [5.41, 5.74) is 0.722. The largest absolute Gasteiger partial charge is 0.493 e. The van der Waals surface area contributed by atoms with Crippen LogP contribution in [0.15, 0.2) is 6.07 Å². The first kappa shape index (κ1) is 21.9. The molecule has 0 aromatic heterocycles. The molecule has 1 rings (SSSR count). The molecular weight excluding hydrogens is 344 g/mol. The standard InChI is InChI=1S/C18H28O8/c1-6-24-16(19)9-7-8-13-17(23-5)15(25-11-20-2)10-14(22-4)18(13)26-12-21-3/h10H,6-9,11-12H2,1-5H3. The van der Waals surface area contributed by atoms with Crippen LogP contribution in [0.3, 0.4) is 0 Å². The lowest BCUT2D eigenvalue weighted by atomic mass is 10.0. The molecule has 0 fully saturated rings. The van der Waals surface area contributed by atoms with Crippen molar-refractivity contribution in [2.75, 3.05) is 48.6 Å². The van der Waals surface area contributed by atoms with Gasteiger partial charge < -0.3 is 33.2 Å². The summed E-state index contributed by atoms with van der Waals surface area (Å²) >= 11 is 0. The molecule has 0 bridgehead atoms. The van der Waals surface area contributed by atoms with E-state index in [0.29, 0.717) is 42.4 Å². The maximum absolute atomic E-state index is 11.6. The normalized spacial score (nSPS) is 10.3. The third kappa shape index (κ3) is 6.27. The second kappa shape index (κ2) is 12.2. The molecule has 1 aromatic carbocycles. The minimum atomic E-state index is -0.246. The summed E-state index contributed by atoms with van der Waals surface area (Å²) in [6.07, 6.45) is 1.34. The van der Waals surface area contributed by atoms with Crippen molar-refractivity contribution in [3.05, 3.63) is 11.6 Å². The van der Waals surface area contributed by atoms with E-state index in [9.17, 15) is 4.79 Å². The van der Waals surface area contributed by atoms with E-state index in [0.717, 1.165) is 5.56 Å². The van der Waals surface area contributed by atoms with E-state index in [4.69, 9.17) is 33.2 Å². The van der Waals surface area contributed by atoms with Crippen LogP contribution in [0.1, 0.15) is 25.3 Å².